The molecule has 1 rings (SSSR count). The highest BCUT2D eigenvalue weighted by Crippen LogP contribution is 2.16. The molecule has 6 heteroatoms. The van der Waals surface area contributed by atoms with E-state index in [1.807, 2.05) is 18.2 Å². The molecule has 1 aromatic carbocycles. The zero-order valence-electron chi connectivity index (χ0n) is 13.1. The van der Waals surface area contributed by atoms with Gasteiger partial charge in [0.25, 0.3) is 0 Å². The van der Waals surface area contributed by atoms with E-state index in [2.05, 4.69) is 17.4 Å². The molecule has 0 aliphatic carbocycles. The smallest absolute Gasteiger partial charge is 0.377 e. The SMILES string of the molecule is CO[Si](CCCC(=O)NCCc1ccccc1)(OC)OC. The Kier molecular flexibility index (Phi) is 8.22. The van der Waals surface area contributed by atoms with Crippen LogP contribution in [0.1, 0.15) is 18.4 Å². The Labute approximate surface area is 128 Å². The van der Waals surface area contributed by atoms with Gasteiger partial charge in [0, 0.05) is 40.3 Å². The first kappa shape index (κ1) is 17.8. The van der Waals surface area contributed by atoms with Crippen LogP contribution in [0.25, 0.3) is 0 Å². The van der Waals surface area contributed by atoms with Gasteiger partial charge in [-0.2, -0.15) is 0 Å². The molecule has 0 saturated heterocycles. The van der Waals surface area contributed by atoms with Crippen LogP contribution >= 0.6 is 0 Å². The van der Waals surface area contributed by atoms with Gasteiger partial charge in [-0.05, 0) is 18.4 Å². The first-order valence-electron chi connectivity index (χ1n) is 7.12. The molecule has 5 nitrogen and oxygen atoms in total. The summed E-state index contributed by atoms with van der Waals surface area (Å²) in [6, 6.07) is 10.7. The average Bonchev–Trinajstić information content (AvgIpc) is 2.53. The normalized spacial score (nSPS) is 11.4. The molecular weight excluding hydrogens is 286 g/mol. The van der Waals surface area contributed by atoms with E-state index in [1.165, 1.54) is 5.56 Å². The first-order valence-corrected chi connectivity index (χ1v) is 9.05. The molecule has 1 amide bonds. The van der Waals surface area contributed by atoms with E-state index in [9.17, 15) is 4.79 Å². The molecule has 0 aliphatic rings. The molecular formula is C15H25NO4Si. The molecule has 0 atom stereocenters. The Morgan fingerprint density at radius 3 is 2.29 bits per heavy atom. The Balaban J connectivity index is 2.19. The van der Waals surface area contributed by atoms with Crippen molar-refractivity contribution in [2.24, 2.45) is 0 Å². The molecule has 0 bridgehead atoms. The molecule has 0 saturated carbocycles. The molecule has 0 radical (unpaired) electrons. The summed E-state index contributed by atoms with van der Waals surface area (Å²) in [6.07, 6.45) is 2.00. The predicted molar refractivity (Wildman–Crippen MR) is 84.0 cm³/mol. The minimum absolute atomic E-state index is 0.0529. The van der Waals surface area contributed by atoms with Gasteiger partial charge in [-0.25, -0.2) is 0 Å². The van der Waals surface area contributed by atoms with E-state index in [1.54, 1.807) is 21.3 Å². The molecule has 0 fully saturated rings. The topological polar surface area (TPSA) is 56.8 Å². The maximum Gasteiger partial charge on any atom is 0.500 e. The standard InChI is InChI=1S/C15H25NO4Si/c1-18-21(19-2,20-3)13-7-10-15(17)16-12-11-14-8-5-4-6-9-14/h4-6,8-9H,7,10-13H2,1-3H3,(H,16,17). The summed E-state index contributed by atoms with van der Waals surface area (Å²) in [5.41, 5.74) is 1.22. The molecule has 118 valence electrons. The van der Waals surface area contributed by atoms with Gasteiger partial charge < -0.3 is 18.6 Å². The van der Waals surface area contributed by atoms with Crippen LogP contribution < -0.4 is 5.32 Å². The van der Waals surface area contributed by atoms with Crippen LogP contribution in [-0.2, 0) is 24.5 Å². The zero-order chi connectivity index (χ0) is 15.6. The lowest BCUT2D eigenvalue weighted by Crippen LogP contribution is -2.42. The number of hydrogen-bond donors (Lipinski definition) is 1. The van der Waals surface area contributed by atoms with Crippen molar-refractivity contribution in [3.63, 3.8) is 0 Å². The number of benzene rings is 1. The second-order valence-electron chi connectivity index (χ2n) is 4.73. The summed E-state index contributed by atoms with van der Waals surface area (Å²) < 4.78 is 16.0. The fourth-order valence-corrected chi connectivity index (χ4v) is 3.82. The van der Waals surface area contributed by atoms with Gasteiger partial charge in [0.15, 0.2) is 0 Å². The number of rotatable bonds is 10. The van der Waals surface area contributed by atoms with Crippen molar-refractivity contribution in [2.75, 3.05) is 27.9 Å². The molecule has 0 aliphatic heterocycles. The fourth-order valence-electron chi connectivity index (χ4n) is 2.10. The quantitative estimate of drug-likeness (QED) is 0.672. The van der Waals surface area contributed by atoms with Gasteiger partial charge in [0.05, 0.1) is 0 Å². The van der Waals surface area contributed by atoms with E-state index < -0.39 is 8.80 Å². The lowest BCUT2D eigenvalue weighted by Gasteiger charge is -2.24. The summed E-state index contributed by atoms with van der Waals surface area (Å²) in [6.45, 7) is 0.657. The number of carbonyl (C=O) groups is 1. The van der Waals surface area contributed by atoms with E-state index in [-0.39, 0.29) is 5.91 Å². The van der Waals surface area contributed by atoms with Crippen molar-refractivity contribution >= 4 is 14.7 Å². The lowest BCUT2D eigenvalue weighted by atomic mass is 10.1. The van der Waals surface area contributed by atoms with Crippen LogP contribution in [0.5, 0.6) is 0 Å². The third kappa shape index (κ3) is 6.39. The number of hydrogen-bond acceptors (Lipinski definition) is 4. The highest BCUT2D eigenvalue weighted by Gasteiger charge is 2.36. The van der Waals surface area contributed by atoms with Gasteiger partial charge in [-0.15, -0.1) is 0 Å². The van der Waals surface area contributed by atoms with Crippen molar-refractivity contribution in [1.82, 2.24) is 5.32 Å². The van der Waals surface area contributed by atoms with Crippen LogP contribution in [0.2, 0.25) is 6.04 Å². The third-order valence-electron chi connectivity index (χ3n) is 3.40. The lowest BCUT2D eigenvalue weighted by molar-refractivity contribution is -0.121. The minimum atomic E-state index is -2.55. The van der Waals surface area contributed by atoms with E-state index in [0.29, 0.717) is 25.4 Å². The minimum Gasteiger partial charge on any atom is -0.377 e. The van der Waals surface area contributed by atoms with Gasteiger partial charge in [-0.3, -0.25) is 4.79 Å². The van der Waals surface area contributed by atoms with Gasteiger partial charge in [0.2, 0.25) is 5.91 Å². The largest absolute Gasteiger partial charge is 0.500 e. The van der Waals surface area contributed by atoms with E-state index >= 15 is 0 Å². The number of amides is 1. The van der Waals surface area contributed by atoms with Crippen molar-refractivity contribution in [3.8, 4) is 0 Å². The highest BCUT2D eigenvalue weighted by atomic mass is 28.4. The zero-order valence-corrected chi connectivity index (χ0v) is 14.1. The molecule has 0 heterocycles. The first-order chi connectivity index (χ1) is 10.2. The molecule has 0 spiro atoms. The summed E-state index contributed by atoms with van der Waals surface area (Å²) in [5.74, 6) is 0.0529. The number of carbonyl (C=O) groups excluding carboxylic acids is 1. The van der Waals surface area contributed by atoms with Gasteiger partial charge in [0.1, 0.15) is 0 Å². The predicted octanol–water partition coefficient (Wildman–Crippen LogP) is 2.00. The highest BCUT2D eigenvalue weighted by molar-refractivity contribution is 6.60. The monoisotopic (exact) mass is 311 g/mol. The summed E-state index contributed by atoms with van der Waals surface area (Å²) in [4.78, 5) is 11.8. The van der Waals surface area contributed by atoms with Crippen molar-refractivity contribution in [1.29, 1.82) is 0 Å². The second-order valence-corrected chi connectivity index (χ2v) is 7.83. The maximum atomic E-state index is 11.8. The average molecular weight is 311 g/mol. The van der Waals surface area contributed by atoms with Crippen molar-refractivity contribution in [2.45, 2.75) is 25.3 Å². The van der Waals surface area contributed by atoms with E-state index in [4.69, 9.17) is 13.3 Å². The van der Waals surface area contributed by atoms with Crippen LogP contribution in [0, 0.1) is 0 Å². The van der Waals surface area contributed by atoms with Gasteiger partial charge >= 0.3 is 8.80 Å². The summed E-state index contributed by atoms with van der Waals surface area (Å²) in [7, 11) is 2.20. The van der Waals surface area contributed by atoms with Crippen LogP contribution in [0.15, 0.2) is 30.3 Å². The van der Waals surface area contributed by atoms with Crippen molar-refractivity contribution < 1.29 is 18.1 Å². The Morgan fingerprint density at radius 2 is 1.71 bits per heavy atom. The Bertz CT molecular complexity index is 401. The molecule has 0 unspecified atom stereocenters. The van der Waals surface area contributed by atoms with Crippen LogP contribution in [0.3, 0.4) is 0 Å². The fraction of sp³-hybridized carbons (Fsp3) is 0.533. The van der Waals surface area contributed by atoms with Crippen LogP contribution in [0.4, 0.5) is 0 Å². The van der Waals surface area contributed by atoms with E-state index in [0.717, 1.165) is 6.42 Å². The van der Waals surface area contributed by atoms with Gasteiger partial charge in [-0.1, -0.05) is 30.3 Å². The molecule has 21 heavy (non-hydrogen) atoms. The molecule has 1 aromatic rings. The molecule has 0 aromatic heterocycles. The third-order valence-corrected chi connectivity index (χ3v) is 6.23. The molecule has 1 N–H and O–H groups in total. The van der Waals surface area contributed by atoms with Crippen LogP contribution in [-0.4, -0.2) is 42.6 Å². The summed E-state index contributed by atoms with van der Waals surface area (Å²) >= 11 is 0. The summed E-state index contributed by atoms with van der Waals surface area (Å²) in [5, 5.41) is 2.93. The maximum absolute atomic E-state index is 11.8. The Morgan fingerprint density at radius 1 is 1.10 bits per heavy atom. The second kappa shape index (κ2) is 9.67. The number of nitrogens with one attached hydrogen (secondary N) is 1. The van der Waals surface area contributed by atoms with Crippen molar-refractivity contribution in [3.05, 3.63) is 35.9 Å². The Hall–Kier alpha value is -1.21.